The Hall–Kier alpha value is -2.00. The number of carbonyl (C=O) groups excluding carboxylic acids is 2. The first-order valence-electron chi connectivity index (χ1n) is 7.06. The summed E-state index contributed by atoms with van der Waals surface area (Å²) in [5, 5.41) is 0. The fraction of sp³-hybridized carbons (Fsp3) is 0.571. The van der Waals surface area contributed by atoms with Gasteiger partial charge < -0.3 is 14.2 Å². The molecular formula is C14H18N2O6S. The summed E-state index contributed by atoms with van der Waals surface area (Å²) >= 11 is 5.14. The molecule has 2 heterocycles. The Balaban J connectivity index is 2.23. The average Bonchev–Trinajstić information content (AvgIpc) is 2.82. The lowest BCUT2D eigenvalue weighted by molar-refractivity contribution is -0.155. The highest BCUT2D eigenvalue weighted by atomic mass is 32.1. The molecule has 0 aromatic carbocycles. The topological polar surface area (TPSA) is 99.6 Å². The maximum absolute atomic E-state index is 11.6. The van der Waals surface area contributed by atoms with E-state index in [4.69, 9.17) is 26.4 Å². The van der Waals surface area contributed by atoms with Gasteiger partial charge in [-0.1, -0.05) is 0 Å². The minimum Gasteiger partial charge on any atom is -0.463 e. The van der Waals surface area contributed by atoms with E-state index in [0.29, 0.717) is 12.0 Å². The summed E-state index contributed by atoms with van der Waals surface area (Å²) in [6.07, 6.45) is 0.242. The van der Waals surface area contributed by atoms with E-state index in [2.05, 4.69) is 4.98 Å². The molecule has 0 spiro atoms. The van der Waals surface area contributed by atoms with E-state index < -0.39 is 30.4 Å². The highest BCUT2D eigenvalue weighted by Gasteiger charge is 2.39. The molecule has 0 aliphatic carbocycles. The van der Waals surface area contributed by atoms with Crippen molar-refractivity contribution in [2.75, 3.05) is 6.61 Å². The first-order chi connectivity index (χ1) is 10.8. The predicted octanol–water partition coefficient (Wildman–Crippen LogP) is 0.997. The molecule has 0 amide bonds. The number of nitrogens with one attached hydrogen (secondary N) is 1. The van der Waals surface area contributed by atoms with Gasteiger partial charge in [-0.25, -0.2) is 0 Å². The third-order valence-electron chi connectivity index (χ3n) is 3.40. The van der Waals surface area contributed by atoms with E-state index in [1.807, 2.05) is 0 Å². The van der Waals surface area contributed by atoms with Gasteiger partial charge in [0.25, 0.3) is 5.56 Å². The maximum Gasteiger partial charge on any atom is 0.303 e. The van der Waals surface area contributed by atoms with Gasteiger partial charge in [-0.05, 0) is 19.1 Å². The normalized spacial score (nSPS) is 23.5. The molecule has 2 rings (SSSR count). The Morgan fingerprint density at radius 1 is 1.43 bits per heavy atom. The summed E-state index contributed by atoms with van der Waals surface area (Å²) in [6.45, 7) is 4.21. The van der Waals surface area contributed by atoms with Crippen LogP contribution in [0.5, 0.6) is 0 Å². The minimum absolute atomic E-state index is 0.0283. The van der Waals surface area contributed by atoms with E-state index in [0.717, 1.165) is 0 Å². The quantitative estimate of drug-likeness (QED) is 0.643. The number of carbonyl (C=O) groups is 2. The van der Waals surface area contributed by atoms with Crippen LogP contribution in [0.25, 0.3) is 0 Å². The largest absolute Gasteiger partial charge is 0.463 e. The van der Waals surface area contributed by atoms with Crippen molar-refractivity contribution in [3.63, 3.8) is 0 Å². The van der Waals surface area contributed by atoms with Gasteiger partial charge in [0.05, 0.1) is 0 Å². The fourth-order valence-corrected chi connectivity index (χ4v) is 2.62. The molecule has 3 atom stereocenters. The van der Waals surface area contributed by atoms with Crippen LogP contribution in [0.2, 0.25) is 0 Å². The molecule has 23 heavy (non-hydrogen) atoms. The summed E-state index contributed by atoms with van der Waals surface area (Å²) in [5.41, 5.74) is 0.215. The van der Waals surface area contributed by atoms with Crippen molar-refractivity contribution >= 4 is 24.2 Å². The molecule has 0 saturated carbocycles. The van der Waals surface area contributed by atoms with Crippen molar-refractivity contribution in [3.05, 3.63) is 26.9 Å². The molecular weight excluding hydrogens is 324 g/mol. The van der Waals surface area contributed by atoms with Crippen molar-refractivity contribution in [1.82, 2.24) is 9.55 Å². The first kappa shape index (κ1) is 17.4. The summed E-state index contributed by atoms with van der Waals surface area (Å²) in [4.78, 5) is 36.3. The Kier molecular flexibility index (Phi) is 5.32. The van der Waals surface area contributed by atoms with E-state index >= 15 is 0 Å². The van der Waals surface area contributed by atoms with Crippen molar-refractivity contribution in [2.24, 2.45) is 0 Å². The van der Waals surface area contributed by atoms with Crippen molar-refractivity contribution in [1.29, 1.82) is 0 Å². The van der Waals surface area contributed by atoms with Crippen LogP contribution in [-0.2, 0) is 23.8 Å². The van der Waals surface area contributed by atoms with Crippen LogP contribution in [0.15, 0.2) is 11.0 Å². The van der Waals surface area contributed by atoms with Crippen LogP contribution in [0.4, 0.5) is 0 Å². The van der Waals surface area contributed by atoms with Crippen LogP contribution in [0.3, 0.4) is 0 Å². The Morgan fingerprint density at radius 2 is 2.13 bits per heavy atom. The molecule has 1 aliphatic heterocycles. The molecule has 0 unspecified atom stereocenters. The molecule has 1 fully saturated rings. The molecule has 1 aliphatic rings. The van der Waals surface area contributed by atoms with Gasteiger partial charge in [0, 0.05) is 32.0 Å². The van der Waals surface area contributed by atoms with Crippen molar-refractivity contribution < 1.29 is 23.8 Å². The molecule has 1 aromatic heterocycles. The van der Waals surface area contributed by atoms with Crippen LogP contribution in [-0.4, -0.2) is 40.3 Å². The lowest BCUT2D eigenvalue weighted by Gasteiger charge is -2.18. The third-order valence-corrected chi connectivity index (χ3v) is 3.72. The zero-order chi connectivity index (χ0) is 17.1. The number of H-pyrrole nitrogens is 1. The van der Waals surface area contributed by atoms with E-state index in [1.54, 1.807) is 17.7 Å². The number of hydrogen-bond donors (Lipinski definition) is 1. The fourth-order valence-electron chi connectivity index (χ4n) is 2.36. The van der Waals surface area contributed by atoms with Gasteiger partial charge >= 0.3 is 11.9 Å². The molecule has 0 bridgehead atoms. The number of esters is 2. The highest BCUT2D eigenvalue weighted by molar-refractivity contribution is 7.71. The Morgan fingerprint density at radius 3 is 2.74 bits per heavy atom. The number of rotatable bonds is 4. The molecule has 1 aromatic rings. The predicted molar refractivity (Wildman–Crippen MR) is 81.3 cm³/mol. The van der Waals surface area contributed by atoms with E-state index in [1.165, 1.54) is 13.8 Å². The summed E-state index contributed by atoms with van der Waals surface area (Å²) in [6, 6.07) is 0. The third kappa shape index (κ3) is 4.26. The van der Waals surface area contributed by atoms with E-state index in [9.17, 15) is 14.4 Å². The maximum atomic E-state index is 11.6. The number of ether oxygens (including phenoxy) is 3. The number of aromatic amines is 1. The Bertz CT molecular complexity index is 725. The highest BCUT2D eigenvalue weighted by Crippen LogP contribution is 2.31. The van der Waals surface area contributed by atoms with Gasteiger partial charge in [0.1, 0.15) is 25.0 Å². The van der Waals surface area contributed by atoms with Crippen molar-refractivity contribution in [2.45, 2.75) is 45.6 Å². The molecule has 9 heteroatoms. The lowest BCUT2D eigenvalue weighted by atomic mass is 10.2. The van der Waals surface area contributed by atoms with Gasteiger partial charge in [-0.3, -0.25) is 23.9 Å². The number of nitrogens with zero attached hydrogens (tertiary/aromatic N) is 1. The zero-order valence-electron chi connectivity index (χ0n) is 13.0. The standard InChI is InChI=1S/C14H18N2O6S/c1-7-5-16(14(23)15-13(7)19)12-4-10(21-9(3)18)11(22-12)6-20-8(2)17/h5,10-12H,4,6H2,1-3H3,(H,15,19,23)/t10-,11-,12+/m1/s1. The second-order valence-electron chi connectivity index (χ2n) is 5.29. The number of aromatic nitrogens is 2. The number of aryl methyl sites for hydroxylation is 1. The van der Waals surface area contributed by atoms with Crippen LogP contribution < -0.4 is 5.56 Å². The average molecular weight is 342 g/mol. The van der Waals surface area contributed by atoms with Crippen LogP contribution in [0, 0.1) is 11.7 Å². The first-order valence-corrected chi connectivity index (χ1v) is 7.47. The SMILES string of the molecule is CC(=O)OC[C@H]1O[C@H](n2cc(C)c(=O)[nH]c2=S)C[C@H]1OC(C)=O. The Labute approximate surface area is 137 Å². The van der Waals surface area contributed by atoms with Crippen LogP contribution in [0.1, 0.15) is 32.1 Å². The zero-order valence-corrected chi connectivity index (χ0v) is 13.8. The van der Waals surface area contributed by atoms with Crippen molar-refractivity contribution in [3.8, 4) is 0 Å². The van der Waals surface area contributed by atoms with Crippen LogP contribution >= 0.6 is 12.2 Å². The second-order valence-corrected chi connectivity index (χ2v) is 5.68. The smallest absolute Gasteiger partial charge is 0.303 e. The van der Waals surface area contributed by atoms with Gasteiger partial charge in [-0.2, -0.15) is 0 Å². The molecule has 8 nitrogen and oxygen atoms in total. The lowest BCUT2D eigenvalue weighted by Crippen LogP contribution is -2.31. The summed E-state index contributed by atoms with van der Waals surface area (Å²) in [7, 11) is 0. The molecule has 0 radical (unpaired) electrons. The van der Waals surface area contributed by atoms with E-state index in [-0.39, 0.29) is 16.9 Å². The van der Waals surface area contributed by atoms with Gasteiger partial charge in [-0.15, -0.1) is 0 Å². The molecule has 126 valence electrons. The van der Waals surface area contributed by atoms with Gasteiger partial charge in [0.2, 0.25) is 0 Å². The summed E-state index contributed by atoms with van der Waals surface area (Å²) < 4.78 is 17.8. The molecule has 1 saturated heterocycles. The number of hydrogen-bond acceptors (Lipinski definition) is 7. The second kappa shape index (κ2) is 7.05. The minimum atomic E-state index is -0.595. The van der Waals surface area contributed by atoms with Gasteiger partial charge in [0.15, 0.2) is 4.77 Å². The summed E-state index contributed by atoms with van der Waals surface area (Å²) in [5.74, 6) is -0.900. The molecule has 1 N–H and O–H groups in total. The monoisotopic (exact) mass is 342 g/mol.